The van der Waals surface area contributed by atoms with Gasteiger partial charge in [0.25, 0.3) is 0 Å². The highest BCUT2D eigenvalue weighted by Gasteiger charge is 2.18. The van der Waals surface area contributed by atoms with Crippen molar-refractivity contribution in [2.24, 2.45) is 0 Å². The van der Waals surface area contributed by atoms with Crippen molar-refractivity contribution in [3.8, 4) is 27.9 Å². The molecule has 0 aliphatic rings. The van der Waals surface area contributed by atoms with E-state index in [0.29, 0.717) is 0 Å². The summed E-state index contributed by atoms with van der Waals surface area (Å²) in [6, 6.07) is 83.6. The van der Waals surface area contributed by atoms with Crippen molar-refractivity contribution in [3.63, 3.8) is 0 Å². The molecule has 0 bridgehead atoms. The minimum absolute atomic E-state index is 0.903. The lowest BCUT2D eigenvalue weighted by Gasteiger charge is -2.25. The number of benzene rings is 11. The number of aromatic nitrogens is 1. The average molecular weight is 803 g/mol. The minimum atomic E-state index is 0.903. The lowest BCUT2D eigenvalue weighted by atomic mass is 9.94. The number of nitrogens with zero attached hydrogens (tertiary/aromatic N) is 2. The molecular weight excluding hydrogens is 765 g/mol. The summed E-state index contributed by atoms with van der Waals surface area (Å²) < 4.78 is 8.67. The number of anilines is 3. The van der Waals surface area contributed by atoms with Crippen molar-refractivity contribution in [1.29, 1.82) is 0 Å². The third-order valence-electron chi connectivity index (χ3n) is 12.9. The Labute approximate surface area is 363 Å². The first-order valence-corrected chi connectivity index (χ1v) is 21.6. The predicted molar refractivity (Wildman–Crippen MR) is 266 cm³/mol. The lowest BCUT2D eigenvalue weighted by molar-refractivity contribution is 0.669. The van der Waals surface area contributed by atoms with E-state index in [4.69, 9.17) is 4.42 Å². The van der Waals surface area contributed by atoms with Gasteiger partial charge in [0, 0.05) is 44.3 Å². The number of para-hydroxylation sites is 3. The molecule has 13 aromatic rings. The second-order valence-corrected chi connectivity index (χ2v) is 16.5. The van der Waals surface area contributed by atoms with E-state index in [2.05, 4.69) is 228 Å². The molecule has 0 radical (unpaired) electrons. The smallest absolute Gasteiger partial charge is 0.135 e. The van der Waals surface area contributed by atoms with Gasteiger partial charge >= 0.3 is 0 Å². The topological polar surface area (TPSA) is 21.3 Å². The highest BCUT2D eigenvalue weighted by atomic mass is 16.3. The number of furan rings is 1. The van der Waals surface area contributed by atoms with Crippen LogP contribution in [0.3, 0.4) is 0 Å². The van der Waals surface area contributed by atoms with Crippen LogP contribution < -0.4 is 4.90 Å². The minimum Gasteiger partial charge on any atom is -0.456 e. The maximum Gasteiger partial charge on any atom is 0.135 e. The Hall–Kier alpha value is -8.40. The van der Waals surface area contributed by atoms with Crippen LogP contribution in [0.5, 0.6) is 0 Å². The van der Waals surface area contributed by atoms with Gasteiger partial charge in [-0.15, -0.1) is 0 Å². The second-order valence-electron chi connectivity index (χ2n) is 16.5. The first kappa shape index (κ1) is 35.4. The fraction of sp³-hybridized carbons (Fsp3) is 0. The standard InChI is InChI=1S/C60H38N2O/c1-3-13-43(14-4-1)61(44-15-5-2-6-16-44)45-28-23-39(24-29-45)40-25-32-57-54(35-40)55-36-41(42-27-34-60-56(37-42)52-21-11-12-22-59(52)63-60)26-33-58(55)62(57)46-30-31-51-49-19-8-7-17-47(49)48-18-9-10-20-50(48)53(51)38-46/h1-38H. The maximum absolute atomic E-state index is 6.22. The second kappa shape index (κ2) is 14.1. The van der Waals surface area contributed by atoms with Crippen LogP contribution in [-0.4, -0.2) is 4.57 Å². The van der Waals surface area contributed by atoms with E-state index < -0.39 is 0 Å². The van der Waals surface area contributed by atoms with Crippen LogP contribution in [0.1, 0.15) is 0 Å². The Morgan fingerprint density at radius 1 is 0.270 bits per heavy atom. The third kappa shape index (κ3) is 5.67. The van der Waals surface area contributed by atoms with Crippen molar-refractivity contribution in [3.05, 3.63) is 231 Å². The fourth-order valence-electron chi connectivity index (χ4n) is 10.0. The molecule has 294 valence electrons. The molecule has 0 atom stereocenters. The van der Waals surface area contributed by atoms with E-state index in [1.807, 2.05) is 12.1 Å². The van der Waals surface area contributed by atoms with Crippen molar-refractivity contribution < 1.29 is 4.42 Å². The molecule has 0 fully saturated rings. The van der Waals surface area contributed by atoms with Crippen molar-refractivity contribution >= 4 is 93.1 Å². The van der Waals surface area contributed by atoms with E-state index in [1.165, 1.54) is 70.8 Å². The van der Waals surface area contributed by atoms with Gasteiger partial charge in [0.1, 0.15) is 11.2 Å². The first-order valence-electron chi connectivity index (χ1n) is 21.6. The molecule has 0 aliphatic carbocycles. The number of hydrogen-bond donors (Lipinski definition) is 0. The Kier molecular flexibility index (Phi) is 7.91. The SMILES string of the molecule is c1ccc(N(c2ccccc2)c2ccc(-c3ccc4c(c3)c3cc(-c5ccc6oc7ccccc7c6c5)ccc3n4-c3ccc4c5ccccc5c5ccccc5c4c3)cc2)cc1. The van der Waals surface area contributed by atoms with Crippen molar-refractivity contribution in [2.45, 2.75) is 0 Å². The Balaban J connectivity index is 0.999. The van der Waals surface area contributed by atoms with Crippen LogP contribution in [0.25, 0.3) is 104 Å². The summed E-state index contributed by atoms with van der Waals surface area (Å²) in [7, 11) is 0. The molecule has 0 N–H and O–H groups in total. The molecule has 0 amide bonds. The zero-order valence-corrected chi connectivity index (χ0v) is 34.2. The predicted octanol–water partition coefficient (Wildman–Crippen LogP) is 16.9. The molecule has 3 nitrogen and oxygen atoms in total. The van der Waals surface area contributed by atoms with Gasteiger partial charge in [-0.25, -0.2) is 0 Å². The maximum atomic E-state index is 6.22. The average Bonchev–Trinajstić information content (AvgIpc) is 3.89. The van der Waals surface area contributed by atoms with Crippen LogP contribution in [0.4, 0.5) is 17.1 Å². The lowest BCUT2D eigenvalue weighted by Crippen LogP contribution is -2.09. The molecule has 0 spiro atoms. The first-order chi connectivity index (χ1) is 31.2. The largest absolute Gasteiger partial charge is 0.456 e. The van der Waals surface area contributed by atoms with E-state index in [-0.39, 0.29) is 0 Å². The van der Waals surface area contributed by atoms with E-state index in [0.717, 1.165) is 50.3 Å². The van der Waals surface area contributed by atoms with Gasteiger partial charge in [-0.3, -0.25) is 0 Å². The molecule has 2 aromatic heterocycles. The monoisotopic (exact) mass is 802 g/mol. The summed E-state index contributed by atoms with van der Waals surface area (Å²) in [4.78, 5) is 2.31. The molecule has 0 saturated heterocycles. The van der Waals surface area contributed by atoms with E-state index in [1.54, 1.807) is 0 Å². The van der Waals surface area contributed by atoms with Gasteiger partial charge in [-0.2, -0.15) is 0 Å². The van der Waals surface area contributed by atoms with E-state index >= 15 is 0 Å². The molecule has 0 saturated carbocycles. The highest BCUT2D eigenvalue weighted by Crippen LogP contribution is 2.42. The van der Waals surface area contributed by atoms with Gasteiger partial charge < -0.3 is 13.9 Å². The summed E-state index contributed by atoms with van der Waals surface area (Å²) in [5.41, 5.74) is 13.3. The van der Waals surface area contributed by atoms with E-state index in [9.17, 15) is 0 Å². The number of fused-ring (bicyclic) bond motifs is 12. The summed E-state index contributed by atoms with van der Waals surface area (Å²) in [6.07, 6.45) is 0. The molecular formula is C60H38N2O. The molecule has 0 unspecified atom stereocenters. The van der Waals surface area contributed by atoms with Gasteiger partial charge in [0.05, 0.1) is 11.0 Å². The summed E-state index contributed by atoms with van der Waals surface area (Å²) in [6.45, 7) is 0. The van der Waals surface area contributed by atoms with Crippen LogP contribution in [0, 0.1) is 0 Å². The van der Waals surface area contributed by atoms with Gasteiger partial charge in [0.2, 0.25) is 0 Å². The Morgan fingerprint density at radius 3 is 1.30 bits per heavy atom. The summed E-state index contributed by atoms with van der Waals surface area (Å²) >= 11 is 0. The number of rotatable bonds is 6. The molecule has 63 heavy (non-hydrogen) atoms. The van der Waals surface area contributed by atoms with Gasteiger partial charge in [0.15, 0.2) is 0 Å². The van der Waals surface area contributed by atoms with Gasteiger partial charge in [-0.1, -0.05) is 140 Å². The molecule has 13 rings (SSSR count). The number of hydrogen-bond acceptors (Lipinski definition) is 2. The third-order valence-corrected chi connectivity index (χ3v) is 12.9. The zero-order chi connectivity index (χ0) is 41.4. The fourth-order valence-corrected chi connectivity index (χ4v) is 10.0. The summed E-state index contributed by atoms with van der Waals surface area (Å²) in [5.74, 6) is 0. The highest BCUT2D eigenvalue weighted by molar-refractivity contribution is 6.25. The van der Waals surface area contributed by atoms with Crippen LogP contribution in [0.15, 0.2) is 235 Å². The quantitative estimate of drug-likeness (QED) is 0.156. The van der Waals surface area contributed by atoms with Crippen LogP contribution in [0.2, 0.25) is 0 Å². The molecule has 3 heteroatoms. The normalized spacial score (nSPS) is 11.8. The Bertz CT molecular complexity index is 3820. The Morgan fingerprint density at radius 2 is 0.698 bits per heavy atom. The van der Waals surface area contributed by atoms with Crippen LogP contribution in [-0.2, 0) is 0 Å². The molecule has 11 aromatic carbocycles. The molecule has 0 aliphatic heterocycles. The molecule has 2 heterocycles. The van der Waals surface area contributed by atoms with Crippen molar-refractivity contribution in [2.75, 3.05) is 4.90 Å². The van der Waals surface area contributed by atoms with Gasteiger partial charge in [-0.05, 0) is 146 Å². The zero-order valence-electron chi connectivity index (χ0n) is 34.2. The van der Waals surface area contributed by atoms with Crippen molar-refractivity contribution in [1.82, 2.24) is 4.57 Å². The summed E-state index contributed by atoms with van der Waals surface area (Å²) in [5, 5.41) is 12.3. The van der Waals surface area contributed by atoms with Crippen LogP contribution >= 0.6 is 0 Å².